The fourth-order valence-corrected chi connectivity index (χ4v) is 3.37. The molecule has 0 radical (unpaired) electrons. The Bertz CT molecular complexity index is 952. The molecule has 1 saturated heterocycles. The summed E-state index contributed by atoms with van der Waals surface area (Å²) >= 11 is 0. The van der Waals surface area contributed by atoms with Gasteiger partial charge in [-0.25, -0.2) is 4.98 Å². The molecular formula is C20H21N3O3. The molecule has 1 aromatic carbocycles. The third-order valence-corrected chi connectivity index (χ3v) is 4.77. The van der Waals surface area contributed by atoms with Crippen molar-refractivity contribution in [1.29, 1.82) is 0 Å². The topological polar surface area (TPSA) is 76.2 Å². The summed E-state index contributed by atoms with van der Waals surface area (Å²) in [7, 11) is 1.60. The lowest BCUT2D eigenvalue weighted by Gasteiger charge is -2.20. The first-order chi connectivity index (χ1) is 12.7. The lowest BCUT2D eigenvalue weighted by Crippen LogP contribution is -2.33. The second kappa shape index (κ2) is 7.27. The molecule has 2 atom stereocenters. The van der Waals surface area contributed by atoms with Crippen LogP contribution in [0.25, 0.3) is 10.9 Å². The zero-order valence-corrected chi connectivity index (χ0v) is 14.6. The van der Waals surface area contributed by atoms with Crippen LogP contribution in [0, 0.1) is 0 Å². The predicted molar refractivity (Wildman–Crippen MR) is 99.3 cm³/mol. The molecule has 6 nitrogen and oxygen atoms in total. The van der Waals surface area contributed by atoms with Crippen molar-refractivity contribution in [2.24, 2.45) is 0 Å². The van der Waals surface area contributed by atoms with Crippen molar-refractivity contribution in [3.63, 3.8) is 0 Å². The highest BCUT2D eigenvalue weighted by Gasteiger charge is 2.29. The van der Waals surface area contributed by atoms with E-state index in [9.17, 15) is 4.79 Å². The molecule has 0 spiro atoms. The molecule has 0 bridgehead atoms. The average molecular weight is 351 g/mol. The number of aromatic amines is 1. The van der Waals surface area contributed by atoms with Gasteiger partial charge in [0.1, 0.15) is 0 Å². The third kappa shape index (κ3) is 3.34. The van der Waals surface area contributed by atoms with Crippen LogP contribution >= 0.6 is 0 Å². The van der Waals surface area contributed by atoms with Crippen LogP contribution in [0.4, 0.5) is 0 Å². The summed E-state index contributed by atoms with van der Waals surface area (Å²) in [6.45, 7) is 1.18. The van der Waals surface area contributed by atoms with Gasteiger partial charge in [0.15, 0.2) is 0 Å². The molecule has 3 heterocycles. The van der Waals surface area contributed by atoms with Crippen LogP contribution in [0.15, 0.2) is 53.5 Å². The van der Waals surface area contributed by atoms with Crippen molar-refractivity contribution in [3.05, 3.63) is 70.1 Å². The second-order valence-electron chi connectivity index (χ2n) is 6.41. The van der Waals surface area contributed by atoms with Crippen molar-refractivity contribution in [2.45, 2.75) is 25.1 Å². The molecular weight excluding hydrogens is 330 g/mol. The number of pyridine rings is 2. The molecule has 1 fully saturated rings. The molecule has 0 aliphatic carbocycles. The van der Waals surface area contributed by atoms with E-state index in [1.165, 1.54) is 0 Å². The Hall–Kier alpha value is -2.70. The summed E-state index contributed by atoms with van der Waals surface area (Å²) < 4.78 is 11.0. The van der Waals surface area contributed by atoms with Gasteiger partial charge in [0.05, 0.1) is 13.2 Å². The van der Waals surface area contributed by atoms with Crippen molar-refractivity contribution in [3.8, 4) is 5.88 Å². The van der Waals surface area contributed by atoms with Gasteiger partial charge in [-0.1, -0.05) is 18.2 Å². The number of nitrogens with one attached hydrogen (secondary N) is 2. The quantitative estimate of drug-likeness (QED) is 0.739. The highest BCUT2D eigenvalue weighted by Crippen LogP contribution is 2.29. The SMILES string of the molecule is COc1ccc([C@H]2OCC[C@@H]2NCc2cc3ccccc3[nH]c2=O)cn1. The van der Waals surface area contributed by atoms with Gasteiger partial charge in [-0.3, -0.25) is 4.79 Å². The molecule has 1 aliphatic heterocycles. The van der Waals surface area contributed by atoms with Crippen LogP contribution in [-0.4, -0.2) is 29.7 Å². The first-order valence-corrected chi connectivity index (χ1v) is 8.70. The number of para-hydroxylation sites is 1. The van der Waals surface area contributed by atoms with Crippen LogP contribution < -0.4 is 15.6 Å². The van der Waals surface area contributed by atoms with Gasteiger partial charge in [-0.05, 0) is 30.0 Å². The average Bonchev–Trinajstić information content (AvgIpc) is 3.15. The number of benzene rings is 1. The first-order valence-electron chi connectivity index (χ1n) is 8.70. The summed E-state index contributed by atoms with van der Waals surface area (Å²) in [6.07, 6.45) is 2.60. The van der Waals surface area contributed by atoms with E-state index in [1.807, 2.05) is 42.5 Å². The monoisotopic (exact) mass is 351 g/mol. The summed E-state index contributed by atoms with van der Waals surface area (Å²) in [5.74, 6) is 0.582. The zero-order valence-electron chi connectivity index (χ0n) is 14.6. The van der Waals surface area contributed by atoms with Gasteiger partial charge >= 0.3 is 0 Å². The minimum atomic E-state index is -0.0760. The largest absolute Gasteiger partial charge is 0.481 e. The van der Waals surface area contributed by atoms with Gasteiger partial charge in [0, 0.05) is 48.1 Å². The molecule has 0 saturated carbocycles. The normalized spacial score (nSPS) is 19.7. The second-order valence-corrected chi connectivity index (χ2v) is 6.41. The summed E-state index contributed by atoms with van der Waals surface area (Å²) in [6, 6.07) is 13.7. The van der Waals surface area contributed by atoms with Gasteiger partial charge in [-0.2, -0.15) is 0 Å². The van der Waals surface area contributed by atoms with Gasteiger partial charge in [-0.15, -0.1) is 0 Å². The predicted octanol–water partition coefficient (Wildman–Crippen LogP) is 2.55. The lowest BCUT2D eigenvalue weighted by atomic mass is 10.0. The fourth-order valence-electron chi connectivity index (χ4n) is 3.37. The lowest BCUT2D eigenvalue weighted by molar-refractivity contribution is 0.0981. The highest BCUT2D eigenvalue weighted by molar-refractivity contribution is 5.78. The number of H-pyrrole nitrogens is 1. The van der Waals surface area contributed by atoms with E-state index in [0.717, 1.165) is 28.5 Å². The Morgan fingerprint density at radius 1 is 1.31 bits per heavy atom. The zero-order chi connectivity index (χ0) is 17.9. The molecule has 2 N–H and O–H groups in total. The standard InChI is InChI=1S/C20H21N3O3/c1-25-18-7-6-14(11-22-18)19-17(8-9-26-19)21-12-15-10-13-4-2-3-5-16(13)23-20(15)24/h2-7,10-11,17,19,21H,8-9,12H2,1H3,(H,23,24)/t17-,19+/m0/s1. The maximum absolute atomic E-state index is 12.3. The van der Waals surface area contributed by atoms with Crippen molar-refractivity contribution in [2.75, 3.05) is 13.7 Å². The molecule has 26 heavy (non-hydrogen) atoms. The Morgan fingerprint density at radius 3 is 3.00 bits per heavy atom. The van der Waals surface area contributed by atoms with Gasteiger partial charge < -0.3 is 19.8 Å². The van der Waals surface area contributed by atoms with Crippen LogP contribution in [0.1, 0.15) is 23.7 Å². The van der Waals surface area contributed by atoms with Gasteiger partial charge in [0.2, 0.25) is 5.88 Å². The number of hydrogen-bond acceptors (Lipinski definition) is 5. The van der Waals surface area contributed by atoms with E-state index in [0.29, 0.717) is 19.0 Å². The molecule has 3 aromatic rings. The Morgan fingerprint density at radius 2 is 2.19 bits per heavy atom. The minimum absolute atomic E-state index is 0.0576. The number of ether oxygens (including phenoxy) is 2. The summed E-state index contributed by atoms with van der Waals surface area (Å²) in [4.78, 5) is 19.5. The van der Waals surface area contributed by atoms with Crippen LogP contribution in [-0.2, 0) is 11.3 Å². The third-order valence-electron chi connectivity index (χ3n) is 4.77. The number of aromatic nitrogens is 2. The van der Waals surface area contributed by atoms with E-state index in [1.54, 1.807) is 13.3 Å². The molecule has 2 aromatic heterocycles. The Labute approximate surface area is 151 Å². The fraction of sp³-hybridized carbons (Fsp3) is 0.300. The van der Waals surface area contributed by atoms with Crippen molar-refractivity contribution >= 4 is 10.9 Å². The number of nitrogens with zero attached hydrogens (tertiary/aromatic N) is 1. The summed E-state index contributed by atoms with van der Waals surface area (Å²) in [5.41, 5.74) is 2.53. The van der Waals surface area contributed by atoms with E-state index in [2.05, 4.69) is 15.3 Å². The smallest absolute Gasteiger partial charge is 0.252 e. The van der Waals surface area contributed by atoms with Crippen LogP contribution in [0.5, 0.6) is 5.88 Å². The van der Waals surface area contributed by atoms with Crippen LogP contribution in [0.2, 0.25) is 0 Å². The van der Waals surface area contributed by atoms with Crippen molar-refractivity contribution < 1.29 is 9.47 Å². The molecule has 0 amide bonds. The maximum atomic E-state index is 12.3. The maximum Gasteiger partial charge on any atom is 0.252 e. The van der Waals surface area contributed by atoms with E-state index in [-0.39, 0.29) is 17.7 Å². The highest BCUT2D eigenvalue weighted by atomic mass is 16.5. The number of fused-ring (bicyclic) bond motifs is 1. The van der Waals surface area contributed by atoms with Gasteiger partial charge in [0.25, 0.3) is 5.56 Å². The van der Waals surface area contributed by atoms with E-state index < -0.39 is 0 Å². The summed E-state index contributed by atoms with van der Waals surface area (Å²) in [5, 5.41) is 4.51. The number of rotatable bonds is 5. The number of hydrogen-bond donors (Lipinski definition) is 2. The molecule has 0 unspecified atom stereocenters. The van der Waals surface area contributed by atoms with Crippen molar-refractivity contribution in [1.82, 2.24) is 15.3 Å². The molecule has 134 valence electrons. The molecule has 6 heteroatoms. The number of methoxy groups -OCH3 is 1. The Kier molecular flexibility index (Phi) is 4.69. The minimum Gasteiger partial charge on any atom is -0.481 e. The van der Waals surface area contributed by atoms with E-state index in [4.69, 9.17) is 9.47 Å². The van der Waals surface area contributed by atoms with Crippen LogP contribution in [0.3, 0.4) is 0 Å². The first kappa shape index (κ1) is 16.8. The molecule has 1 aliphatic rings. The molecule has 4 rings (SSSR count). The van der Waals surface area contributed by atoms with E-state index >= 15 is 0 Å². The Balaban J connectivity index is 1.49.